The van der Waals surface area contributed by atoms with E-state index < -0.39 is 0 Å². The van der Waals surface area contributed by atoms with Crippen molar-refractivity contribution in [3.63, 3.8) is 0 Å². The summed E-state index contributed by atoms with van der Waals surface area (Å²) in [5, 5.41) is 3.01. The summed E-state index contributed by atoms with van der Waals surface area (Å²) in [4.78, 5) is 22.3. The van der Waals surface area contributed by atoms with Gasteiger partial charge in [0.25, 0.3) is 0 Å². The zero-order valence-corrected chi connectivity index (χ0v) is 15.1. The zero-order chi connectivity index (χ0) is 18.6. The number of carbonyl (C=O) groups excluding carboxylic acids is 1. The van der Waals surface area contributed by atoms with Gasteiger partial charge in [-0.25, -0.2) is 9.37 Å². The van der Waals surface area contributed by atoms with Gasteiger partial charge in [0, 0.05) is 19.5 Å². The molecule has 2 aromatic heterocycles. The highest BCUT2D eigenvalue weighted by molar-refractivity contribution is 5.79. The van der Waals surface area contributed by atoms with Crippen LogP contribution in [0.5, 0.6) is 0 Å². The summed E-state index contributed by atoms with van der Waals surface area (Å²) in [6.45, 7) is 2.98. The Morgan fingerprint density at radius 1 is 1.41 bits per heavy atom. The van der Waals surface area contributed by atoms with Gasteiger partial charge in [-0.2, -0.15) is 0 Å². The smallest absolute Gasteiger partial charge is 0.224 e. The second-order valence-electron chi connectivity index (χ2n) is 7.04. The lowest BCUT2D eigenvalue weighted by atomic mass is 9.97. The van der Waals surface area contributed by atoms with E-state index in [0.717, 1.165) is 49.6 Å². The van der Waals surface area contributed by atoms with Gasteiger partial charge in [-0.1, -0.05) is 0 Å². The lowest BCUT2D eigenvalue weighted by molar-refractivity contribution is -0.126. The summed E-state index contributed by atoms with van der Waals surface area (Å²) in [7, 11) is 0. The van der Waals surface area contributed by atoms with Crippen molar-refractivity contribution >= 4 is 16.9 Å². The molecule has 3 heterocycles. The van der Waals surface area contributed by atoms with E-state index in [1.165, 1.54) is 12.1 Å². The summed E-state index contributed by atoms with van der Waals surface area (Å²) in [6, 6.07) is 8.32. The number of hydrogen-bond donors (Lipinski definition) is 2. The first-order valence-electron chi connectivity index (χ1n) is 9.34. The maximum Gasteiger partial charge on any atom is 0.224 e. The number of amides is 1. The number of rotatable bonds is 6. The van der Waals surface area contributed by atoms with Crippen LogP contribution in [0.4, 0.5) is 4.39 Å². The van der Waals surface area contributed by atoms with Gasteiger partial charge in [0.15, 0.2) is 0 Å². The van der Waals surface area contributed by atoms with E-state index in [2.05, 4.69) is 20.2 Å². The Kier molecular flexibility index (Phi) is 5.20. The predicted molar refractivity (Wildman–Crippen MR) is 99.5 cm³/mol. The van der Waals surface area contributed by atoms with Crippen molar-refractivity contribution in [2.45, 2.75) is 25.8 Å². The second-order valence-corrected chi connectivity index (χ2v) is 7.04. The third-order valence-corrected chi connectivity index (χ3v) is 4.99. The molecule has 6 nitrogen and oxygen atoms in total. The molecule has 0 saturated carbocycles. The number of furan rings is 1. The molecule has 0 spiro atoms. The Labute approximate surface area is 156 Å². The standard InChI is InChI=1S/C20H23FN4O2/c21-15-5-6-17-18(11-15)24-19(23-17)7-8-22-20(26)14-3-1-9-25(12-14)13-16-4-2-10-27-16/h2,4-6,10-11,14H,1,3,7-9,12-13H2,(H,22,26)(H,23,24)/t14-/m1/s1. The molecule has 1 aromatic carbocycles. The van der Waals surface area contributed by atoms with Gasteiger partial charge >= 0.3 is 0 Å². The van der Waals surface area contributed by atoms with E-state index in [4.69, 9.17) is 4.42 Å². The number of hydrogen-bond acceptors (Lipinski definition) is 4. The number of fused-ring (bicyclic) bond motifs is 1. The SMILES string of the molecule is O=C(NCCc1nc2ccc(F)cc2[nH]1)[C@@H]1CCCN(Cc2ccco2)C1. The molecule has 0 unspecified atom stereocenters. The Balaban J connectivity index is 1.26. The van der Waals surface area contributed by atoms with Crippen molar-refractivity contribution < 1.29 is 13.6 Å². The first-order valence-corrected chi connectivity index (χ1v) is 9.34. The Morgan fingerprint density at radius 3 is 3.19 bits per heavy atom. The van der Waals surface area contributed by atoms with E-state index in [0.29, 0.717) is 18.5 Å². The number of aromatic nitrogens is 2. The lowest BCUT2D eigenvalue weighted by Gasteiger charge is -2.31. The van der Waals surface area contributed by atoms with Gasteiger partial charge in [0.05, 0.1) is 29.8 Å². The van der Waals surface area contributed by atoms with Crippen LogP contribution in [0.3, 0.4) is 0 Å². The van der Waals surface area contributed by atoms with E-state index in [-0.39, 0.29) is 17.6 Å². The van der Waals surface area contributed by atoms with Crippen LogP contribution in [0.15, 0.2) is 41.0 Å². The number of H-pyrrole nitrogens is 1. The number of benzene rings is 1. The third-order valence-electron chi connectivity index (χ3n) is 4.99. The number of nitrogens with zero attached hydrogens (tertiary/aromatic N) is 2. The first kappa shape index (κ1) is 17.7. The molecule has 2 N–H and O–H groups in total. The van der Waals surface area contributed by atoms with Crippen molar-refractivity contribution in [3.8, 4) is 0 Å². The van der Waals surface area contributed by atoms with E-state index in [1.54, 1.807) is 12.3 Å². The number of carbonyl (C=O) groups is 1. The van der Waals surface area contributed by atoms with Gasteiger partial charge in [0.1, 0.15) is 17.4 Å². The molecule has 0 radical (unpaired) electrons. The fourth-order valence-corrected chi connectivity index (χ4v) is 3.64. The largest absolute Gasteiger partial charge is 0.468 e. The molecule has 1 amide bonds. The van der Waals surface area contributed by atoms with Gasteiger partial charge < -0.3 is 14.7 Å². The Morgan fingerprint density at radius 2 is 2.33 bits per heavy atom. The maximum absolute atomic E-state index is 13.2. The van der Waals surface area contributed by atoms with Crippen LogP contribution in [-0.2, 0) is 17.8 Å². The molecule has 1 fully saturated rings. The molecule has 27 heavy (non-hydrogen) atoms. The molecular formula is C20H23FN4O2. The number of likely N-dealkylation sites (tertiary alicyclic amines) is 1. The highest BCUT2D eigenvalue weighted by Crippen LogP contribution is 2.19. The van der Waals surface area contributed by atoms with Crippen LogP contribution < -0.4 is 5.32 Å². The quantitative estimate of drug-likeness (QED) is 0.700. The number of halogens is 1. The van der Waals surface area contributed by atoms with Gasteiger partial charge in [0.2, 0.25) is 5.91 Å². The first-order chi connectivity index (χ1) is 13.2. The molecule has 1 aliphatic rings. The molecule has 3 aromatic rings. The lowest BCUT2D eigenvalue weighted by Crippen LogP contribution is -2.43. The highest BCUT2D eigenvalue weighted by Gasteiger charge is 2.26. The van der Waals surface area contributed by atoms with E-state index >= 15 is 0 Å². The molecular weight excluding hydrogens is 347 g/mol. The minimum Gasteiger partial charge on any atom is -0.468 e. The second kappa shape index (κ2) is 7.92. The monoisotopic (exact) mass is 370 g/mol. The van der Waals surface area contributed by atoms with Gasteiger partial charge in [-0.3, -0.25) is 9.69 Å². The molecule has 4 rings (SSSR count). The van der Waals surface area contributed by atoms with Crippen LogP contribution >= 0.6 is 0 Å². The average Bonchev–Trinajstić information content (AvgIpc) is 3.31. The normalized spacial score (nSPS) is 18.0. The molecule has 7 heteroatoms. The topological polar surface area (TPSA) is 74.2 Å². The predicted octanol–water partition coefficient (Wildman–Crippen LogP) is 2.87. The average molecular weight is 370 g/mol. The summed E-state index contributed by atoms with van der Waals surface area (Å²) >= 11 is 0. The Hall–Kier alpha value is -2.67. The summed E-state index contributed by atoms with van der Waals surface area (Å²) in [5.74, 6) is 1.47. The fourth-order valence-electron chi connectivity index (χ4n) is 3.64. The highest BCUT2D eigenvalue weighted by atomic mass is 19.1. The van der Waals surface area contributed by atoms with Crippen molar-refractivity contribution in [3.05, 3.63) is 54.0 Å². The van der Waals surface area contributed by atoms with Crippen molar-refractivity contribution in [2.24, 2.45) is 5.92 Å². The maximum atomic E-state index is 13.2. The van der Waals surface area contributed by atoms with E-state index in [9.17, 15) is 9.18 Å². The van der Waals surface area contributed by atoms with Crippen molar-refractivity contribution in [1.29, 1.82) is 0 Å². The zero-order valence-electron chi connectivity index (χ0n) is 15.1. The number of imidazole rings is 1. The fraction of sp³-hybridized carbons (Fsp3) is 0.400. The Bertz CT molecular complexity index is 906. The van der Waals surface area contributed by atoms with Gasteiger partial charge in [-0.05, 0) is 49.7 Å². The number of piperidine rings is 1. The number of aromatic amines is 1. The summed E-state index contributed by atoms with van der Waals surface area (Å²) in [6.07, 6.45) is 4.18. The van der Waals surface area contributed by atoms with Crippen molar-refractivity contribution in [1.82, 2.24) is 20.2 Å². The van der Waals surface area contributed by atoms with Crippen LogP contribution in [0.1, 0.15) is 24.4 Å². The molecule has 1 atom stereocenters. The van der Waals surface area contributed by atoms with Crippen LogP contribution in [-0.4, -0.2) is 40.4 Å². The molecule has 0 bridgehead atoms. The number of nitrogens with one attached hydrogen (secondary N) is 2. The molecule has 0 aliphatic carbocycles. The molecule has 1 saturated heterocycles. The summed E-state index contributed by atoms with van der Waals surface area (Å²) < 4.78 is 18.6. The minimum atomic E-state index is -0.289. The van der Waals surface area contributed by atoms with Crippen LogP contribution in [0, 0.1) is 11.7 Å². The van der Waals surface area contributed by atoms with Crippen LogP contribution in [0.2, 0.25) is 0 Å². The minimum absolute atomic E-state index is 0.00141. The summed E-state index contributed by atoms with van der Waals surface area (Å²) in [5.41, 5.74) is 1.41. The van der Waals surface area contributed by atoms with Gasteiger partial charge in [-0.15, -0.1) is 0 Å². The van der Waals surface area contributed by atoms with Crippen LogP contribution in [0.25, 0.3) is 11.0 Å². The molecule has 1 aliphatic heterocycles. The van der Waals surface area contributed by atoms with E-state index in [1.807, 2.05) is 12.1 Å². The molecule has 142 valence electrons. The van der Waals surface area contributed by atoms with Crippen molar-refractivity contribution in [2.75, 3.05) is 19.6 Å². The third kappa shape index (κ3) is 4.36.